The number of amides is 1. The average molecular weight is 245 g/mol. The zero-order valence-corrected chi connectivity index (χ0v) is 11.2. The van der Waals surface area contributed by atoms with E-state index in [1.807, 2.05) is 43.5 Å². The Balaban J connectivity index is 2.51. The maximum absolute atomic E-state index is 12.2. The molecule has 0 bridgehead atoms. The fourth-order valence-corrected chi connectivity index (χ4v) is 2.01. The van der Waals surface area contributed by atoms with Gasteiger partial charge in [-0.15, -0.1) is 0 Å². The summed E-state index contributed by atoms with van der Waals surface area (Å²) in [5.74, 6) is -0.0354. The molecule has 0 spiro atoms. The molecule has 0 unspecified atom stereocenters. The van der Waals surface area contributed by atoms with Gasteiger partial charge < -0.3 is 5.32 Å². The first-order chi connectivity index (χ1) is 8.67. The number of nitrogens with zero attached hydrogens (tertiary/aromatic N) is 2. The number of nitrogens with one attached hydrogen (secondary N) is 1. The van der Waals surface area contributed by atoms with Gasteiger partial charge in [0.1, 0.15) is 11.3 Å². The largest absolute Gasteiger partial charge is 0.351 e. The van der Waals surface area contributed by atoms with E-state index in [0.29, 0.717) is 12.2 Å². The third kappa shape index (κ3) is 2.23. The van der Waals surface area contributed by atoms with Crippen LogP contribution in [0, 0.1) is 6.92 Å². The zero-order valence-electron chi connectivity index (χ0n) is 11.2. The van der Waals surface area contributed by atoms with Crippen molar-refractivity contribution in [1.29, 1.82) is 0 Å². The van der Waals surface area contributed by atoms with Crippen LogP contribution >= 0.6 is 0 Å². The number of hydrogen-bond acceptors (Lipinski definition) is 2. The summed E-state index contributed by atoms with van der Waals surface area (Å²) in [6.45, 7) is 6.77. The number of carbonyl (C=O) groups excluding carboxylic acids is 1. The molecule has 18 heavy (non-hydrogen) atoms. The van der Waals surface area contributed by atoms with E-state index in [0.717, 1.165) is 29.7 Å². The summed E-state index contributed by atoms with van der Waals surface area (Å²) in [7, 11) is 0. The maximum atomic E-state index is 12.2. The first kappa shape index (κ1) is 12.6. The van der Waals surface area contributed by atoms with E-state index in [2.05, 4.69) is 10.3 Å². The predicted molar refractivity (Wildman–Crippen MR) is 71.9 cm³/mol. The van der Waals surface area contributed by atoms with Gasteiger partial charge in [-0.2, -0.15) is 0 Å². The van der Waals surface area contributed by atoms with Gasteiger partial charge in [0.05, 0.1) is 5.69 Å². The van der Waals surface area contributed by atoms with E-state index in [9.17, 15) is 4.79 Å². The van der Waals surface area contributed by atoms with Crippen LogP contribution in [0.5, 0.6) is 0 Å². The van der Waals surface area contributed by atoms with E-state index in [4.69, 9.17) is 0 Å². The van der Waals surface area contributed by atoms with E-state index >= 15 is 0 Å². The normalized spacial score (nSPS) is 10.8. The van der Waals surface area contributed by atoms with Crippen molar-refractivity contribution in [1.82, 2.24) is 14.7 Å². The van der Waals surface area contributed by atoms with Crippen LogP contribution in [0.25, 0.3) is 5.65 Å². The Morgan fingerprint density at radius 3 is 2.83 bits per heavy atom. The van der Waals surface area contributed by atoms with E-state index in [1.54, 1.807) is 0 Å². The predicted octanol–water partition coefficient (Wildman–Crippen LogP) is 2.34. The monoisotopic (exact) mass is 245 g/mol. The van der Waals surface area contributed by atoms with Crippen LogP contribution in [-0.2, 0) is 6.42 Å². The van der Waals surface area contributed by atoms with Crippen molar-refractivity contribution in [3.05, 3.63) is 35.3 Å². The quantitative estimate of drug-likeness (QED) is 0.898. The van der Waals surface area contributed by atoms with Crippen LogP contribution < -0.4 is 5.32 Å². The molecule has 2 rings (SSSR count). The lowest BCUT2D eigenvalue weighted by atomic mass is 10.2. The third-order valence-corrected chi connectivity index (χ3v) is 2.92. The third-order valence-electron chi connectivity index (χ3n) is 2.92. The first-order valence-corrected chi connectivity index (χ1v) is 6.43. The van der Waals surface area contributed by atoms with Crippen LogP contribution in [0.4, 0.5) is 0 Å². The molecule has 0 radical (unpaired) electrons. The number of aromatic nitrogens is 2. The van der Waals surface area contributed by atoms with Crippen molar-refractivity contribution in [2.75, 3.05) is 6.54 Å². The van der Waals surface area contributed by atoms with Crippen molar-refractivity contribution in [3.63, 3.8) is 0 Å². The molecule has 4 heteroatoms. The topological polar surface area (TPSA) is 46.4 Å². The zero-order chi connectivity index (χ0) is 13.1. The minimum Gasteiger partial charge on any atom is -0.351 e. The molecule has 2 aromatic heterocycles. The minimum atomic E-state index is -0.0354. The lowest BCUT2D eigenvalue weighted by Crippen LogP contribution is -2.26. The first-order valence-electron chi connectivity index (χ1n) is 6.43. The number of imidazole rings is 1. The summed E-state index contributed by atoms with van der Waals surface area (Å²) in [4.78, 5) is 16.7. The molecule has 2 heterocycles. The van der Waals surface area contributed by atoms with Gasteiger partial charge in [-0.1, -0.05) is 19.9 Å². The molecule has 2 aromatic rings. The average Bonchev–Trinajstić information content (AvgIpc) is 2.73. The summed E-state index contributed by atoms with van der Waals surface area (Å²) in [5.41, 5.74) is 3.48. The molecule has 1 N–H and O–H groups in total. The Hall–Kier alpha value is -1.84. The summed E-state index contributed by atoms with van der Waals surface area (Å²) < 4.78 is 1.89. The highest BCUT2D eigenvalue weighted by molar-refractivity contribution is 5.94. The molecule has 0 aliphatic heterocycles. The number of pyridine rings is 1. The number of hydrogen-bond donors (Lipinski definition) is 1. The second-order valence-electron chi connectivity index (χ2n) is 4.45. The lowest BCUT2D eigenvalue weighted by Gasteiger charge is -2.05. The Morgan fingerprint density at radius 1 is 1.39 bits per heavy atom. The van der Waals surface area contributed by atoms with E-state index < -0.39 is 0 Å². The van der Waals surface area contributed by atoms with Crippen LogP contribution in [0.15, 0.2) is 18.3 Å². The maximum Gasteiger partial charge on any atom is 0.270 e. The van der Waals surface area contributed by atoms with Gasteiger partial charge in [0, 0.05) is 12.7 Å². The molecule has 0 atom stereocenters. The minimum absolute atomic E-state index is 0.0354. The van der Waals surface area contributed by atoms with Gasteiger partial charge >= 0.3 is 0 Å². The number of fused-ring (bicyclic) bond motifs is 1. The number of rotatable bonds is 4. The lowest BCUT2D eigenvalue weighted by molar-refractivity contribution is 0.0947. The molecular weight excluding hydrogens is 226 g/mol. The number of carbonyl (C=O) groups is 1. The second kappa shape index (κ2) is 5.21. The fourth-order valence-electron chi connectivity index (χ4n) is 2.01. The molecule has 96 valence electrons. The second-order valence-corrected chi connectivity index (χ2v) is 4.45. The Morgan fingerprint density at radius 2 is 2.17 bits per heavy atom. The van der Waals surface area contributed by atoms with Gasteiger partial charge in [-0.05, 0) is 31.4 Å². The summed E-state index contributed by atoms with van der Waals surface area (Å²) in [6.07, 6.45) is 3.65. The van der Waals surface area contributed by atoms with Crippen LogP contribution in [0.3, 0.4) is 0 Å². The van der Waals surface area contributed by atoms with Crippen LogP contribution in [0.1, 0.15) is 42.0 Å². The van der Waals surface area contributed by atoms with Crippen molar-refractivity contribution in [3.8, 4) is 0 Å². The van der Waals surface area contributed by atoms with Gasteiger partial charge in [-0.25, -0.2) is 4.98 Å². The Bertz CT molecular complexity index is 572. The van der Waals surface area contributed by atoms with Gasteiger partial charge in [0.25, 0.3) is 5.91 Å². The molecule has 0 fully saturated rings. The molecule has 0 aromatic carbocycles. The molecule has 4 nitrogen and oxygen atoms in total. The number of aryl methyl sites for hydroxylation is 2. The summed E-state index contributed by atoms with van der Waals surface area (Å²) >= 11 is 0. The van der Waals surface area contributed by atoms with Crippen molar-refractivity contribution in [2.45, 2.75) is 33.6 Å². The fraction of sp³-hybridized carbons (Fsp3) is 0.429. The van der Waals surface area contributed by atoms with Gasteiger partial charge in [0.2, 0.25) is 0 Å². The molecule has 0 saturated carbocycles. The van der Waals surface area contributed by atoms with Crippen molar-refractivity contribution in [2.24, 2.45) is 0 Å². The summed E-state index contributed by atoms with van der Waals surface area (Å²) in [5, 5.41) is 2.92. The highest BCUT2D eigenvalue weighted by Crippen LogP contribution is 2.14. The van der Waals surface area contributed by atoms with Gasteiger partial charge in [0.15, 0.2) is 0 Å². The highest BCUT2D eigenvalue weighted by Gasteiger charge is 2.17. The summed E-state index contributed by atoms with van der Waals surface area (Å²) in [6, 6.07) is 3.96. The van der Waals surface area contributed by atoms with Crippen molar-refractivity contribution >= 4 is 11.6 Å². The van der Waals surface area contributed by atoms with Gasteiger partial charge in [-0.3, -0.25) is 9.20 Å². The Kier molecular flexibility index (Phi) is 3.65. The molecule has 1 amide bonds. The van der Waals surface area contributed by atoms with E-state index in [-0.39, 0.29) is 5.91 Å². The van der Waals surface area contributed by atoms with E-state index in [1.165, 1.54) is 0 Å². The molecular formula is C14H19N3O. The van der Waals surface area contributed by atoms with Crippen LogP contribution in [-0.4, -0.2) is 21.8 Å². The smallest absolute Gasteiger partial charge is 0.270 e. The molecule has 0 aliphatic carbocycles. The highest BCUT2D eigenvalue weighted by atomic mass is 16.1. The molecule has 0 aliphatic rings. The Labute approximate surface area is 107 Å². The van der Waals surface area contributed by atoms with Crippen LogP contribution in [0.2, 0.25) is 0 Å². The SMILES string of the molecule is CCCNC(=O)c1c(CC)nc2ccc(C)cn12. The van der Waals surface area contributed by atoms with Crippen molar-refractivity contribution < 1.29 is 4.79 Å². The molecule has 0 saturated heterocycles. The standard InChI is InChI=1S/C14H19N3O/c1-4-8-15-14(18)13-11(5-2)16-12-7-6-10(3)9-17(12)13/h6-7,9H,4-5,8H2,1-3H3,(H,15,18).